The van der Waals surface area contributed by atoms with Gasteiger partial charge in [-0.15, -0.1) is 0 Å². The van der Waals surface area contributed by atoms with E-state index in [2.05, 4.69) is 9.44 Å². The van der Waals surface area contributed by atoms with Crippen LogP contribution in [0.4, 0.5) is 0 Å². The van der Waals surface area contributed by atoms with E-state index < -0.39 is 20.0 Å². The first-order chi connectivity index (χ1) is 13.0. The van der Waals surface area contributed by atoms with E-state index >= 15 is 0 Å². The maximum Gasteiger partial charge on any atom is 0.240 e. The summed E-state index contributed by atoms with van der Waals surface area (Å²) in [6.45, 7) is 5.66. The molecule has 0 heterocycles. The van der Waals surface area contributed by atoms with Crippen LogP contribution in [0.5, 0.6) is 5.75 Å². The summed E-state index contributed by atoms with van der Waals surface area (Å²) in [6.07, 6.45) is -0.00159. The third kappa shape index (κ3) is 6.30. The van der Waals surface area contributed by atoms with Gasteiger partial charge in [0, 0.05) is 6.54 Å². The number of hydrogen-bond acceptors (Lipinski definition) is 5. The van der Waals surface area contributed by atoms with Gasteiger partial charge in [-0.1, -0.05) is 24.3 Å². The van der Waals surface area contributed by atoms with Crippen LogP contribution in [0.2, 0.25) is 0 Å². The molecule has 0 aromatic heterocycles. The Bertz CT molecular complexity index is 1030. The Hall–Kier alpha value is -1.94. The number of ether oxygens (including phenoxy) is 1. The van der Waals surface area contributed by atoms with Crippen LogP contribution < -0.4 is 14.2 Å². The molecule has 0 atom stereocenters. The molecule has 7 nitrogen and oxygen atoms in total. The van der Waals surface area contributed by atoms with E-state index in [0.717, 1.165) is 5.56 Å². The maximum absolute atomic E-state index is 12.6. The van der Waals surface area contributed by atoms with Crippen molar-refractivity contribution >= 4 is 20.0 Å². The lowest BCUT2D eigenvalue weighted by atomic mass is 10.1. The number of nitrogens with one attached hydrogen (secondary N) is 2. The Kier molecular flexibility index (Phi) is 7.22. The summed E-state index contributed by atoms with van der Waals surface area (Å²) >= 11 is 0. The zero-order chi connectivity index (χ0) is 20.9. The van der Waals surface area contributed by atoms with Crippen molar-refractivity contribution < 1.29 is 21.6 Å². The molecule has 154 valence electrons. The van der Waals surface area contributed by atoms with Gasteiger partial charge in [0.25, 0.3) is 0 Å². The Balaban J connectivity index is 2.12. The van der Waals surface area contributed by atoms with Gasteiger partial charge in [0.2, 0.25) is 20.0 Å². The number of hydrogen-bond donors (Lipinski definition) is 2. The normalized spacial score (nSPS) is 12.3. The van der Waals surface area contributed by atoms with E-state index in [4.69, 9.17) is 4.74 Å². The third-order valence-electron chi connectivity index (χ3n) is 3.94. The van der Waals surface area contributed by atoms with E-state index in [1.807, 2.05) is 13.8 Å². The maximum atomic E-state index is 12.6. The smallest absolute Gasteiger partial charge is 0.240 e. The minimum atomic E-state index is -3.71. The van der Waals surface area contributed by atoms with Gasteiger partial charge in [-0.25, -0.2) is 26.3 Å². The third-order valence-corrected chi connectivity index (χ3v) is 6.68. The fraction of sp³-hybridized carbons (Fsp3) is 0.368. The summed E-state index contributed by atoms with van der Waals surface area (Å²) in [6, 6.07) is 11.5. The molecule has 9 heteroatoms. The molecule has 28 heavy (non-hydrogen) atoms. The van der Waals surface area contributed by atoms with Gasteiger partial charge in [0.1, 0.15) is 5.75 Å². The zero-order valence-corrected chi connectivity index (χ0v) is 18.0. The molecule has 0 radical (unpaired) electrons. The van der Waals surface area contributed by atoms with Gasteiger partial charge >= 0.3 is 0 Å². The van der Waals surface area contributed by atoms with Crippen molar-refractivity contribution in [1.82, 2.24) is 9.44 Å². The first-order valence-electron chi connectivity index (χ1n) is 8.78. The van der Waals surface area contributed by atoms with E-state index in [9.17, 15) is 16.8 Å². The van der Waals surface area contributed by atoms with Crippen LogP contribution in [0.1, 0.15) is 30.5 Å². The van der Waals surface area contributed by atoms with Crippen LogP contribution in [0.15, 0.2) is 47.4 Å². The molecule has 0 aliphatic carbocycles. The monoisotopic (exact) mass is 426 g/mol. The SMILES string of the molecule is CNS(=O)(=O)Cc1cccc(CNS(=O)(=O)c2ccc(OC(C)C)c(C)c2)c1. The molecule has 0 fully saturated rings. The first-order valence-corrected chi connectivity index (χ1v) is 11.9. The lowest BCUT2D eigenvalue weighted by molar-refractivity contribution is 0.240. The fourth-order valence-electron chi connectivity index (χ4n) is 2.56. The van der Waals surface area contributed by atoms with Gasteiger partial charge < -0.3 is 4.74 Å². The van der Waals surface area contributed by atoms with E-state index in [1.165, 1.54) is 13.1 Å². The van der Waals surface area contributed by atoms with Crippen LogP contribution in [-0.4, -0.2) is 30.0 Å². The molecule has 0 bridgehead atoms. The Morgan fingerprint density at radius 2 is 1.68 bits per heavy atom. The van der Waals surface area contributed by atoms with Crippen LogP contribution >= 0.6 is 0 Å². The molecule has 2 N–H and O–H groups in total. The van der Waals surface area contributed by atoms with Crippen LogP contribution in [0.3, 0.4) is 0 Å². The largest absolute Gasteiger partial charge is 0.491 e. The van der Waals surface area contributed by atoms with Gasteiger partial charge in [0.05, 0.1) is 16.8 Å². The standard InChI is InChI=1S/C19H26N2O5S2/c1-14(2)26-19-9-8-18(10-15(19)3)28(24,25)21-12-16-6-5-7-17(11-16)13-27(22,23)20-4/h5-11,14,20-21H,12-13H2,1-4H3. The number of sulfonamides is 2. The predicted molar refractivity (Wildman–Crippen MR) is 109 cm³/mol. The van der Waals surface area contributed by atoms with Gasteiger partial charge in [-0.3, -0.25) is 0 Å². The van der Waals surface area contributed by atoms with Crippen molar-refractivity contribution in [1.29, 1.82) is 0 Å². The Labute approximate surface area is 167 Å². The molecule has 0 aliphatic heterocycles. The highest BCUT2D eigenvalue weighted by Gasteiger charge is 2.16. The second-order valence-electron chi connectivity index (χ2n) is 6.70. The van der Waals surface area contributed by atoms with Crippen molar-refractivity contribution in [3.63, 3.8) is 0 Å². The topological polar surface area (TPSA) is 102 Å². The van der Waals surface area contributed by atoms with Crippen LogP contribution in [0, 0.1) is 6.92 Å². The quantitative estimate of drug-likeness (QED) is 0.641. The molecule has 0 saturated carbocycles. The van der Waals surface area contributed by atoms with Crippen molar-refractivity contribution in [3.8, 4) is 5.75 Å². The molecular formula is C19H26N2O5S2. The fourth-order valence-corrected chi connectivity index (χ4v) is 4.42. The van der Waals surface area contributed by atoms with Crippen LogP contribution in [-0.2, 0) is 32.3 Å². The summed E-state index contributed by atoms with van der Waals surface area (Å²) < 4.78 is 59.0. The lowest BCUT2D eigenvalue weighted by Gasteiger charge is -2.14. The molecule has 2 rings (SSSR count). The highest BCUT2D eigenvalue weighted by Crippen LogP contribution is 2.23. The Morgan fingerprint density at radius 3 is 2.29 bits per heavy atom. The molecule has 0 amide bonds. The highest BCUT2D eigenvalue weighted by molar-refractivity contribution is 7.89. The molecule has 0 saturated heterocycles. The van der Waals surface area contributed by atoms with Gasteiger partial charge in [-0.05, 0) is 62.7 Å². The van der Waals surface area contributed by atoms with Crippen molar-refractivity contribution in [2.24, 2.45) is 0 Å². The van der Waals surface area contributed by atoms with Crippen molar-refractivity contribution in [2.75, 3.05) is 7.05 Å². The van der Waals surface area contributed by atoms with Gasteiger partial charge in [-0.2, -0.15) is 0 Å². The number of aryl methyl sites for hydroxylation is 1. The summed E-state index contributed by atoms with van der Waals surface area (Å²) in [5, 5.41) is 0. The second-order valence-corrected chi connectivity index (χ2v) is 10.4. The summed E-state index contributed by atoms with van der Waals surface area (Å²) in [5.74, 6) is 0.480. The van der Waals surface area contributed by atoms with Crippen LogP contribution in [0.25, 0.3) is 0 Å². The minimum absolute atomic E-state index is 0.00159. The summed E-state index contributed by atoms with van der Waals surface area (Å²) in [7, 11) is -5.75. The zero-order valence-electron chi connectivity index (χ0n) is 16.4. The van der Waals surface area contributed by atoms with E-state index in [0.29, 0.717) is 16.9 Å². The minimum Gasteiger partial charge on any atom is -0.491 e. The second kappa shape index (κ2) is 9.04. The summed E-state index contributed by atoms with van der Waals surface area (Å²) in [4.78, 5) is 0.148. The first kappa shape index (κ1) is 22.4. The van der Waals surface area contributed by atoms with E-state index in [-0.39, 0.29) is 23.3 Å². The molecule has 2 aromatic rings. The van der Waals surface area contributed by atoms with Gasteiger partial charge in [0.15, 0.2) is 0 Å². The molecule has 0 spiro atoms. The molecule has 0 unspecified atom stereocenters. The molecular weight excluding hydrogens is 400 g/mol. The van der Waals surface area contributed by atoms with E-state index in [1.54, 1.807) is 43.3 Å². The lowest BCUT2D eigenvalue weighted by Crippen LogP contribution is -2.24. The highest BCUT2D eigenvalue weighted by atomic mass is 32.2. The van der Waals surface area contributed by atoms with Crippen molar-refractivity contribution in [3.05, 3.63) is 59.2 Å². The molecule has 2 aromatic carbocycles. The number of benzene rings is 2. The average Bonchev–Trinajstić information content (AvgIpc) is 2.61. The predicted octanol–water partition coefficient (Wildman–Crippen LogP) is 2.31. The summed E-state index contributed by atoms with van der Waals surface area (Å²) in [5.41, 5.74) is 1.98. The average molecular weight is 427 g/mol. The number of rotatable bonds is 9. The molecule has 0 aliphatic rings. The van der Waals surface area contributed by atoms with Crippen molar-refractivity contribution in [2.45, 2.75) is 44.1 Å². The Morgan fingerprint density at radius 1 is 1.00 bits per heavy atom.